The number of fused-ring (bicyclic) bond motifs is 1. The smallest absolute Gasteiger partial charge is 0.127 e. The van der Waals surface area contributed by atoms with Gasteiger partial charge in [0, 0.05) is 31.2 Å². The van der Waals surface area contributed by atoms with E-state index in [0.717, 1.165) is 22.2 Å². The van der Waals surface area contributed by atoms with Crippen molar-refractivity contribution in [1.29, 1.82) is 0 Å². The highest BCUT2D eigenvalue weighted by Gasteiger charge is 2.31. The van der Waals surface area contributed by atoms with Gasteiger partial charge in [-0.1, -0.05) is 41.6 Å². The molecule has 2 aromatic carbocycles. The van der Waals surface area contributed by atoms with Gasteiger partial charge in [0.25, 0.3) is 0 Å². The van der Waals surface area contributed by atoms with E-state index in [4.69, 9.17) is 9.47 Å². The minimum atomic E-state index is -0.724. The highest BCUT2D eigenvalue weighted by Crippen LogP contribution is 2.25. The van der Waals surface area contributed by atoms with E-state index in [2.05, 4.69) is 28.5 Å². The summed E-state index contributed by atoms with van der Waals surface area (Å²) in [6.45, 7) is 2.32. The maximum atomic E-state index is 10.6. The highest BCUT2D eigenvalue weighted by atomic mass is 16.5. The van der Waals surface area contributed by atoms with Gasteiger partial charge in [-0.3, -0.25) is 0 Å². The number of hydrogen-bond donors (Lipinski definition) is 1. The van der Waals surface area contributed by atoms with Crippen LogP contribution in [0.25, 0.3) is 10.8 Å². The van der Waals surface area contributed by atoms with Crippen LogP contribution < -0.4 is 4.74 Å². The molecule has 0 aliphatic carbocycles. The molecule has 0 amide bonds. The summed E-state index contributed by atoms with van der Waals surface area (Å²) in [4.78, 5) is 0. The van der Waals surface area contributed by atoms with Crippen molar-refractivity contribution in [1.82, 2.24) is 15.0 Å². The largest absolute Gasteiger partial charge is 0.491 e. The molecule has 0 spiro atoms. The third kappa shape index (κ3) is 3.86. The van der Waals surface area contributed by atoms with E-state index < -0.39 is 5.60 Å². The Morgan fingerprint density at radius 1 is 1.12 bits per heavy atom. The Morgan fingerprint density at radius 3 is 2.81 bits per heavy atom. The second kappa shape index (κ2) is 7.43. The van der Waals surface area contributed by atoms with Crippen molar-refractivity contribution < 1.29 is 14.6 Å². The first kappa shape index (κ1) is 17.0. The van der Waals surface area contributed by atoms with Crippen LogP contribution in [0.1, 0.15) is 18.5 Å². The van der Waals surface area contributed by atoms with Gasteiger partial charge in [0.2, 0.25) is 0 Å². The van der Waals surface area contributed by atoms with Gasteiger partial charge in [-0.15, -0.1) is 5.10 Å². The van der Waals surface area contributed by atoms with Crippen molar-refractivity contribution in [3.05, 3.63) is 54.4 Å². The van der Waals surface area contributed by atoms with E-state index in [9.17, 15) is 5.11 Å². The molecule has 26 heavy (non-hydrogen) atoms. The SMILES string of the molecule is OC1(Cc2cn(CCOc3cccc4ccccc34)nn2)CCOCC1. The van der Waals surface area contributed by atoms with Crippen LogP contribution in [0.3, 0.4) is 0 Å². The number of benzene rings is 2. The molecule has 1 aliphatic rings. The highest BCUT2D eigenvalue weighted by molar-refractivity contribution is 5.88. The molecule has 6 nitrogen and oxygen atoms in total. The molecule has 0 unspecified atom stereocenters. The molecule has 0 bridgehead atoms. The number of hydrogen-bond acceptors (Lipinski definition) is 5. The lowest BCUT2D eigenvalue weighted by molar-refractivity contribution is -0.0630. The van der Waals surface area contributed by atoms with Gasteiger partial charge in [0.05, 0.1) is 17.8 Å². The standard InChI is InChI=1S/C20H23N3O3/c24-20(8-11-25-12-9-20)14-17-15-23(22-21-17)10-13-26-19-7-3-5-16-4-1-2-6-18(16)19/h1-7,15,24H,8-14H2. The first-order valence-electron chi connectivity index (χ1n) is 9.02. The fraction of sp³-hybridized carbons (Fsp3) is 0.400. The molecule has 136 valence electrons. The van der Waals surface area contributed by atoms with Crippen LogP contribution in [0.15, 0.2) is 48.7 Å². The molecule has 1 saturated heterocycles. The van der Waals surface area contributed by atoms with E-state index in [1.807, 2.05) is 30.5 Å². The monoisotopic (exact) mass is 353 g/mol. The molecular formula is C20H23N3O3. The Bertz CT molecular complexity index is 866. The lowest BCUT2D eigenvalue weighted by Crippen LogP contribution is -2.38. The molecule has 0 saturated carbocycles. The fourth-order valence-electron chi connectivity index (χ4n) is 3.36. The summed E-state index contributed by atoms with van der Waals surface area (Å²) in [5.41, 5.74) is 0.0815. The van der Waals surface area contributed by atoms with E-state index in [-0.39, 0.29) is 0 Å². The van der Waals surface area contributed by atoms with Crippen LogP contribution in [0.2, 0.25) is 0 Å². The lowest BCUT2D eigenvalue weighted by atomic mass is 9.90. The minimum absolute atomic E-state index is 0.509. The summed E-state index contributed by atoms with van der Waals surface area (Å²) >= 11 is 0. The summed E-state index contributed by atoms with van der Waals surface area (Å²) in [5, 5.41) is 21.2. The molecule has 1 N–H and O–H groups in total. The third-order valence-electron chi connectivity index (χ3n) is 4.85. The topological polar surface area (TPSA) is 69.4 Å². The van der Waals surface area contributed by atoms with E-state index in [1.54, 1.807) is 4.68 Å². The van der Waals surface area contributed by atoms with Gasteiger partial charge in [-0.25, -0.2) is 4.68 Å². The maximum absolute atomic E-state index is 10.6. The third-order valence-corrected chi connectivity index (χ3v) is 4.85. The Balaban J connectivity index is 1.34. The molecule has 6 heteroatoms. The Hall–Kier alpha value is -2.44. The van der Waals surface area contributed by atoms with Crippen molar-refractivity contribution in [2.45, 2.75) is 31.4 Å². The van der Waals surface area contributed by atoms with E-state index in [1.165, 1.54) is 0 Å². The summed E-state index contributed by atoms with van der Waals surface area (Å²) in [7, 11) is 0. The van der Waals surface area contributed by atoms with E-state index in [0.29, 0.717) is 45.6 Å². The maximum Gasteiger partial charge on any atom is 0.127 e. The second-order valence-corrected chi connectivity index (χ2v) is 6.81. The van der Waals surface area contributed by atoms with Gasteiger partial charge in [-0.2, -0.15) is 0 Å². The number of aromatic nitrogens is 3. The zero-order valence-corrected chi connectivity index (χ0v) is 14.7. The molecule has 1 aliphatic heterocycles. The first-order valence-corrected chi connectivity index (χ1v) is 9.02. The molecule has 1 fully saturated rings. The van der Waals surface area contributed by atoms with E-state index >= 15 is 0 Å². The molecule has 0 radical (unpaired) electrons. The number of aliphatic hydroxyl groups is 1. The molecule has 0 atom stereocenters. The molecule has 4 rings (SSSR count). The van der Waals surface area contributed by atoms with Gasteiger partial charge >= 0.3 is 0 Å². The summed E-state index contributed by atoms with van der Waals surface area (Å²) in [6.07, 6.45) is 3.69. The van der Waals surface area contributed by atoms with Gasteiger partial charge < -0.3 is 14.6 Å². The second-order valence-electron chi connectivity index (χ2n) is 6.81. The van der Waals surface area contributed by atoms with Crippen molar-refractivity contribution in [2.24, 2.45) is 0 Å². The molecular weight excluding hydrogens is 330 g/mol. The molecule has 3 aromatic rings. The van der Waals surface area contributed by atoms with Gasteiger partial charge in [0.1, 0.15) is 12.4 Å². The summed E-state index contributed by atoms with van der Waals surface area (Å²) in [5.74, 6) is 0.875. The van der Waals surface area contributed by atoms with Gasteiger partial charge in [0.15, 0.2) is 0 Å². The summed E-state index contributed by atoms with van der Waals surface area (Å²) < 4.78 is 13.0. The lowest BCUT2D eigenvalue weighted by Gasteiger charge is -2.31. The van der Waals surface area contributed by atoms with Gasteiger partial charge in [-0.05, 0) is 24.3 Å². The van der Waals surface area contributed by atoms with Crippen molar-refractivity contribution in [2.75, 3.05) is 19.8 Å². The van der Waals surface area contributed by atoms with Crippen molar-refractivity contribution in [3.63, 3.8) is 0 Å². The average molecular weight is 353 g/mol. The fourth-order valence-corrected chi connectivity index (χ4v) is 3.36. The predicted molar refractivity (Wildman–Crippen MR) is 98.2 cm³/mol. The van der Waals surface area contributed by atoms with Crippen LogP contribution in [0, 0.1) is 0 Å². The van der Waals surface area contributed by atoms with Crippen molar-refractivity contribution in [3.8, 4) is 5.75 Å². The predicted octanol–water partition coefficient (Wildman–Crippen LogP) is 2.59. The number of ether oxygens (including phenoxy) is 2. The number of nitrogens with zero attached hydrogens (tertiary/aromatic N) is 3. The number of rotatable bonds is 6. The zero-order valence-electron chi connectivity index (χ0n) is 14.7. The summed E-state index contributed by atoms with van der Waals surface area (Å²) in [6, 6.07) is 14.2. The van der Waals surface area contributed by atoms with Crippen LogP contribution in [0.4, 0.5) is 0 Å². The normalized spacial score (nSPS) is 16.7. The Morgan fingerprint density at radius 2 is 1.92 bits per heavy atom. The minimum Gasteiger partial charge on any atom is -0.491 e. The van der Waals surface area contributed by atoms with Crippen LogP contribution >= 0.6 is 0 Å². The Labute approximate surface area is 152 Å². The molecule has 2 heterocycles. The first-order chi connectivity index (χ1) is 12.7. The average Bonchev–Trinajstić information content (AvgIpc) is 3.09. The quantitative estimate of drug-likeness (QED) is 0.738. The Kier molecular flexibility index (Phi) is 4.86. The molecule has 1 aromatic heterocycles. The van der Waals surface area contributed by atoms with Crippen LogP contribution in [-0.2, 0) is 17.7 Å². The van der Waals surface area contributed by atoms with Crippen molar-refractivity contribution >= 4 is 10.8 Å². The zero-order chi connectivity index (χ0) is 17.8. The van der Waals surface area contributed by atoms with Crippen LogP contribution in [0.5, 0.6) is 5.75 Å². The van der Waals surface area contributed by atoms with Crippen LogP contribution in [-0.4, -0.2) is 45.5 Å².